The van der Waals surface area contributed by atoms with E-state index in [4.69, 9.17) is 0 Å². The van der Waals surface area contributed by atoms with Gasteiger partial charge in [0.05, 0.1) is 21.7 Å². The summed E-state index contributed by atoms with van der Waals surface area (Å²) < 4.78 is 174. The lowest BCUT2D eigenvalue weighted by molar-refractivity contribution is 0.448. The van der Waals surface area contributed by atoms with E-state index in [0.29, 0.717) is 0 Å². The SMILES string of the molecule is Fc1ccc(F)c(-c2c(F)c(F)c3c(F)c(F)c4c(F)c(F)c(F)c5c(F)c(F)c2c3c45)c1F. The smallest absolute Gasteiger partial charge is 0.195 e. The van der Waals surface area contributed by atoms with Gasteiger partial charge in [-0.1, -0.05) is 0 Å². The lowest BCUT2D eigenvalue weighted by Crippen LogP contribution is -2.09. The van der Waals surface area contributed by atoms with Crippen LogP contribution in [0.3, 0.4) is 0 Å². The standard InChI is InChI=1S/C22H2F12/c23-3-1-2-4(24)13(25)5(3)8-9-6-7-11(17(29)15(9)27)20(32)22(34)21(33)12(7)19(31)18(30)10(6)16(28)14(8)26/h1-2H. The van der Waals surface area contributed by atoms with Crippen molar-refractivity contribution in [3.8, 4) is 11.1 Å². The molecule has 0 nitrogen and oxygen atoms in total. The van der Waals surface area contributed by atoms with Crippen LogP contribution in [-0.4, -0.2) is 0 Å². The van der Waals surface area contributed by atoms with Gasteiger partial charge >= 0.3 is 0 Å². The predicted octanol–water partition coefficient (Wildman–Crippen LogP) is 7.92. The summed E-state index contributed by atoms with van der Waals surface area (Å²) in [6.45, 7) is 0. The fourth-order valence-electron chi connectivity index (χ4n) is 4.12. The number of halogens is 12. The Hall–Kier alpha value is -3.70. The van der Waals surface area contributed by atoms with E-state index < -0.39 is 113 Å². The lowest BCUT2D eigenvalue weighted by atomic mass is 9.87. The monoisotopic (exact) mass is 494 g/mol. The van der Waals surface area contributed by atoms with Crippen LogP contribution >= 0.6 is 0 Å². The molecule has 34 heavy (non-hydrogen) atoms. The normalized spacial score (nSPS) is 12.1. The van der Waals surface area contributed by atoms with Crippen LogP contribution in [0.2, 0.25) is 0 Å². The van der Waals surface area contributed by atoms with Crippen molar-refractivity contribution in [2.75, 3.05) is 0 Å². The number of hydrogen-bond donors (Lipinski definition) is 0. The van der Waals surface area contributed by atoms with Crippen molar-refractivity contribution < 1.29 is 52.7 Å². The first kappa shape index (κ1) is 22.1. The summed E-state index contributed by atoms with van der Waals surface area (Å²) in [6, 6.07) is 0.435. The maximum absolute atomic E-state index is 15.1. The van der Waals surface area contributed by atoms with E-state index in [9.17, 15) is 48.3 Å². The molecular formula is C22H2F12. The second kappa shape index (κ2) is 6.90. The molecule has 0 amide bonds. The molecule has 0 heterocycles. The molecule has 0 N–H and O–H groups in total. The van der Waals surface area contributed by atoms with Crippen LogP contribution in [-0.2, 0) is 0 Å². The molecule has 0 saturated heterocycles. The van der Waals surface area contributed by atoms with Crippen molar-refractivity contribution in [3.05, 3.63) is 81.9 Å². The van der Waals surface area contributed by atoms with Gasteiger partial charge in [0.25, 0.3) is 0 Å². The minimum absolute atomic E-state index is 0.215. The molecule has 0 aliphatic carbocycles. The predicted molar refractivity (Wildman–Crippen MR) is 95.1 cm³/mol. The fraction of sp³-hybridized carbons (Fsp3) is 0. The molecule has 0 saturated carbocycles. The van der Waals surface area contributed by atoms with Crippen LogP contribution in [0, 0.1) is 69.8 Å². The third kappa shape index (κ3) is 2.42. The Morgan fingerprint density at radius 2 is 0.618 bits per heavy atom. The van der Waals surface area contributed by atoms with Gasteiger partial charge in [0.1, 0.15) is 5.82 Å². The van der Waals surface area contributed by atoms with E-state index >= 15 is 4.39 Å². The van der Waals surface area contributed by atoms with Crippen LogP contribution in [0.15, 0.2) is 12.1 Å². The van der Waals surface area contributed by atoms with Gasteiger partial charge in [-0.2, -0.15) is 0 Å². The van der Waals surface area contributed by atoms with Gasteiger partial charge in [0.15, 0.2) is 64.0 Å². The van der Waals surface area contributed by atoms with Crippen LogP contribution in [0.4, 0.5) is 52.7 Å². The quantitative estimate of drug-likeness (QED) is 0.0962. The zero-order valence-corrected chi connectivity index (χ0v) is 15.7. The Morgan fingerprint density at radius 1 is 0.265 bits per heavy atom. The van der Waals surface area contributed by atoms with E-state index in [2.05, 4.69) is 0 Å². The molecule has 0 unspecified atom stereocenters. The van der Waals surface area contributed by atoms with Crippen molar-refractivity contribution >= 4 is 32.3 Å². The van der Waals surface area contributed by atoms with E-state index in [1.165, 1.54) is 0 Å². The topological polar surface area (TPSA) is 0 Å². The highest BCUT2D eigenvalue weighted by Gasteiger charge is 2.36. The van der Waals surface area contributed by atoms with Crippen molar-refractivity contribution in [2.24, 2.45) is 0 Å². The minimum Gasteiger partial charge on any atom is -0.206 e. The summed E-state index contributed by atoms with van der Waals surface area (Å²) in [4.78, 5) is 0. The first-order valence-electron chi connectivity index (χ1n) is 8.93. The van der Waals surface area contributed by atoms with Crippen LogP contribution in [0.25, 0.3) is 43.4 Å². The van der Waals surface area contributed by atoms with Gasteiger partial charge < -0.3 is 0 Å². The van der Waals surface area contributed by atoms with Gasteiger partial charge in [0.2, 0.25) is 0 Å². The summed E-state index contributed by atoms with van der Waals surface area (Å²) in [5.74, 6) is -27.8. The third-order valence-corrected chi connectivity index (χ3v) is 5.51. The van der Waals surface area contributed by atoms with Crippen molar-refractivity contribution in [2.45, 2.75) is 0 Å². The van der Waals surface area contributed by atoms with Gasteiger partial charge in [-0.05, 0) is 12.1 Å². The molecular weight excluding hydrogens is 492 g/mol. The Labute approximate surface area is 178 Å². The molecule has 0 fully saturated rings. The number of rotatable bonds is 1. The molecule has 5 rings (SSSR count). The molecule has 0 aliphatic rings. The van der Waals surface area contributed by atoms with Gasteiger partial charge in [0, 0.05) is 21.7 Å². The second-order valence-electron chi connectivity index (χ2n) is 7.17. The Balaban J connectivity index is 2.26. The first-order chi connectivity index (χ1) is 15.9. The Morgan fingerprint density at radius 3 is 1.12 bits per heavy atom. The summed E-state index contributed by atoms with van der Waals surface area (Å²) in [5.41, 5.74) is -3.60. The molecule has 0 aliphatic heterocycles. The molecule has 0 spiro atoms. The second-order valence-corrected chi connectivity index (χ2v) is 7.17. The maximum atomic E-state index is 15.1. The minimum atomic E-state index is -2.54. The van der Waals surface area contributed by atoms with E-state index in [1.807, 2.05) is 0 Å². The molecule has 174 valence electrons. The average Bonchev–Trinajstić information content (AvgIpc) is 2.79. The zero-order valence-electron chi connectivity index (χ0n) is 15.7. The van der Waals surface area contributed by atoms with E-state index in [-0.39, 0.29) is 12.1 Å². The van der Waals surface area contributed by atoms with Crippen LogP contribution in [0.1, 0.15) is 0 Å². The van der Waals surface area contributed by atoms with Gasteiger partial charge in [-0.15, -0.1) is 0 Å². The van der Waals surface area contributed by atoms with Crippen molar-refractivity contribution in [1.82, 2.24) is 0 Å². The Kier molecular flexibility index (Phi) is 4.49. The lowest BCUT2D eigenvalue weighted by Gasteiger charge is -2.20. The molecule has 5 aromatic carbocycles. The molecule has 0 atom stereocenters. The van der Waals surface area contributed by atoms with Gasteiger partial charge in [-0.3, -0.25) is 0 Å². The summed E-state index contributed by atoms with van der Waals surface area (Å²) >= 11 is 0. The Bertz CT molecular complexity index is 1700. The van der Waals surface area contributed by atoms with E-state index in [1.54, 1.807) is 0 Å². The molecule has 0 aromatic heterocycles. The van der Waals surface area contributed by atoms with Crippen LogP contribution < -0.4 is 0 Å². The summed E-state index contributed by atoms with van der Waals surface area (Å²) in [5, 5.41) is -10.1. The first-order valence-corrected chi connectivity index (χ1v) is 8.93. The highest BCUT2D eigenvalue weighted by Crippen LogP contribution is 2.49. The molecule has 12 heteroatoms. The fourth-order valence-corrected chi connectivity index (χ4v) is 4.12. The van der Waals surface area contributed by atoms with Crippen molar-refractivity contribution in [1.29, 1.82) is 0 Å². The van der Waals surface area contributed by atoms with Crippen LogP contribution in [0.5, 0.6) is 0 Å². The van der Waals surface area contributed by atoms with Crippen molar-refractivity contribution in [3.63, 3.8) is 0 Å². The zero-order chi connectivity index (χ0) is 25.0. The molecule has 0 radical (unpaired) electrons. The summed E-state index contributed by atoms with van der Waals surface area (Å²) in [7, 11) is 0. The average molecular weight is 494 g/mol. The van der Waals surface area contributed by atoms with E-state index in [0.717, 1.165) is 0 Å². The number of benzene rings is 5. The molecule has 0 bridgehead atoms. The molecule has 5 aromatic rings. The largest absolute Gasteiger partial charge is 0.206 e. The maximum Gasteiger partial charge on any atom is 0.195 e. The highest BCUT2D eigenvalue weighted by atomic mass is 19.2. The number of hydrogen-bond acceptors (Lipinski definition) is 0. The third-order valence-electron chi connectivity index (χ3n) is 5.51. The van der Waals surface area contributed by atoms with Gasteiger partial charge in [-0.25, -0.2) is 52.7 Å². The highest BCUT2D eigenvalue weighted by molar-refractivity contribution is 6.26. The summed E-state index contributed by atoms with van der Waals surface area (Å²) in [6.07, 6.45) is 0.